The molecule has 0 aromatic heterocycles. The monoisotopic (exact) mass is 303 g/mol. The average Bonchev–Trinajstić information content (AvgIpc) is 2.31. The van der Waals surface area contributed by atoms with Crippen molar-refractivity contribution in [2.75, 3.05) is 19.0 Å². The predicted octanol–water partition coefficient (Wildman–Crippen LogP) is 2.27. The molecular weight excluding hydrogens is 289 g/mol. The van der Waals surface area contributed by atoms with Gasteiger partial charge in [0.25, 0.3) is 5.91 Å². The van der Waals surface area contributed by atoms with Gasteiger partial charge in [-0.05, 0) is 24.6 Å². The Morgan fingerprint density at radius 2 is 2.29 bits per heavy atom. The van der Waals surface area contributed by atoms with E-state index in [1.165, 1.54) is 6.07 Å². The molecule has 1 aromatic carbocycles. The number of carbonyl (C=O) groups excluding carboxylic acids is 1. The van der Waals surface area contributed by atoms with Gasteiger partial charge in [-0.25, -0.2) is 4.39 Å². The third-order valence-corrected chi connectivity index (χ3v) is 3.10. The van der Waals surface area contributed by atoms with Crippen molar-refractivity contribution < 1.29 is 13.9 Å². The summed E-state index contributed by atoms with van der Waals surface area (Å²) in [7, 11) is 1.56. The maximum absolute atomic E-state index is 13.3. The van der Waals surface area contributed by atoms with Gasteiger partial charge in [0.05, 0.1) is 12.6 Å². The lowest BCUT2D eigenvalue weighted by Gasteiger charge is -2.15. The summed E-state index contributed by atoms with van der Waals surface area (Å²) < 4.78 is 18.2. The van der Waals surface area contributed by atoms with Crippen molar-refractivity contribution in [2.24, 2.45) is 0 Å². The van der Waals surface area contributed by atoms with Crippen LogP contribution in [0.25, 0.3) is 0 Å². The van der Waals surface area contributed by atoms with Gasteiger partial charge in [0.2, 0.25) is 0 Å². The van der Waals surface area contributed by atoms with Crippen molar-refractivity contribution in [3.63, 3.8) is 0 Å². The van der Waals surface area contributed by atoms with Crippen LogP contribution in [0.5, 0.6) is 0 Å². The Labute approximate surface area is 108 Å². The van der Waals surface area contributed by atoms with E-state index >= 15 is 0 Å². The molecule has 0 spiro atoms. The largest absolute Gasteiger partial charge is 0.383 e. The van der Waals surface area contributed by atoms with Gasteiger partial charge < -0.3 is 10.1 Å². The number of nitrogens with one attached hydrogen (secondary N) is 1. The second kappa shape index (κ2) is 6.71. The summed E-state index contributed by atoms with van der Waals surface area (Å²) in [5, 5.41) is 3.34. The molecule has 0 heterocycles. The summed E-state index contributed by atoms with van der Waals surface area (Å²) in [6, 6.07) is 4.30. The van der Waals surface area contributed by atoms with Crippen LogP contribution in [0.2, 0.25) is 0 Å². The summed E-state index contributed by atoms with van der Waals surface area (Å²) in [6.45, 7) is 2.06. The fraction of sp³-hybridized carbons (Fsp3) is 0.417. The molecule has 1 aromatic rings. The maximum atomic E-state index is 13.3. The topological polar surface area (TPSA) is 38.3 Å². The molecule has 94 valence electrons. The van der Waals surface area contributed by atoms with E-state index in [2.05, 4.69) is 21.2 Å². The van der Waals surface area contributed by atoms with Crippen molar-refractivity contribution in [3.05, 3.63) is 35.1 Å². The molecule has 0 radical (unpaired) electrons. The lowest BCUT2D eigenvalue weighted by molar-refractivity contribution is 0.0907. The van der Waals surface area contributed by atoms with Crippen LogP contribution >= 0.6 is 15.9 Å². The van der Waals surface area contributed by atoms with E-state index in [-0.39, 0.29) is 17.8 Å². The van der Waals surface area contributed by atoms with Crippen LogP contribution in [0.15, 0.2) is 18.2 Å². The first-order valence-electron chi connectivity index (χ1n) is 5.20. The van der Waals surface area contributed by atoms with Crippen molar-refractivity contribution in [1.82, 2.24) is 5.32 Å². The molecule has 1 amide bonds. The van der Waals surface area contributed by atoms with Crippen molar-refractivity contribution in [1.29, 1.82) is 0 Å². The third-order valence-electron chi connectivity index (χ3n) is 2.32. The number of ether oxygens (including phenoxy) is 1. The van der Waals surface area contributed by atoms with E-state index in [0.29, 0.717) is 23.1 Å². The number of hydrogen-bond acceptors (Lipinski definition) is 2. The molecule has 1 N–H and O–H groups in total. The van der Waals surface area contributed by atoms with Crippen LogP contribution in [0.4, 0.5) is 4.39 Å². The SMILES string of the molecule is COCC(CBr)NC(=O)c1ccc(C)c(F)c1. The molecule has 0 saturated heterocycles. The standard InChI is InChI=1S/C12H15BrFNO2/c1-8-3-4-9(5-11(8)14)12(16)15-10(6-13)7-17-2/h3-5,10H,6-7H2,1-2H3,(H,15,16). The first-order chi connectivity index (χ1) is 8.08. The Hall–Kier alpha value is -0.940. The van der Waals surface area contributed by atoms with E-state index in [1.807, 2.05) is 0 Å². The highest BCUT2D eigenvalue weighted by atomic mass is 79.9. The Morgan fingerprint density at radius 1 is 1.59 bits per heavy atom. The van der Waals surface area contributed by atoms with E-state index in [1.54, 1.807) is 26.2 Å². The molecule has 3 nitrogen and oxygen atoms in total. The number of alkyl halides is 1. The van der Waals surface area contributed by atoms with Crippen molar-refractivity contribution >= 4 is 21.8 Å². The number of aryl methyl sites for hydroxylation is 1. The Balaban J connectivity index is 2.72. The van der Waals surface area contributed by atoms with E-state index in [4.69, 9.17) is 4.74 Å². The highest BCUT2D eigenvalue weighted by molar-refractivity contribution is 9.09. The minimum atomic E-state index is -0.375. The first-order valence-corrected chi connectivity index (χ1v) is 6.32. The van der Waals surface area contributed by atoms with Gasteiger partial charge in [-0.2, -0.15) is 0 Å². The smallest absolute Gasteiger partial charge is 0.251 e. The number of benzene rings is 1. The van der Waals surface area contributed by atoms with Gasteiger partial charge in [-0.3, -0.25) is 4.79 Å². The number of rotatable bonds is 5. The number of halogens is 2. The molecule has 1 rings (SSSR count). The zero-order valence-electron chi connectivity index (χ0n) is 9.80. The second-order valence-corrected chi connectivity index (χ2v) is 4.39. The highest BCUT2D eigenvalue weighted by Crippen LogP contribution is 2.09. The zero-order chi connectivity index (χ0) is 12.8. The number of amides is 1. The highest BCUT2D eigenvalue weighted by Gasteiger charge is 2.13. The van der Waals surface area contributed by atoms with Gasteiger partial charge >= 0.3 is 0 Å². The fourth-order valence-electron chi connectivity index (χ4n) is 1.33. The molecule has 0 aliphatic carbocycles. The van der Waals surface area contributed by atoms with E-state index < -0.39 is 0 Å². The van der Waals surface area contributed by atoms with Gasteiger partial charge in [0.1, 0.15) is 5.82 Å². The number of hydrogen-bond donors (Lipinski definition) is 1. The van der Waals surface area contributed by atoms with Crippen LogP contribution in [-0.4, -0.2) is 31.0 Å². The first kappa shape index (κ1) is 14.1. The number of carbonyl (C=O) groups is 1. The second-order valence-electron chi connectivity index (χ2n) is 3.74. The van der Waals surface area contributed by atoms with Gasteiger partial charge in [0.15, 0.2) is 0 Å². The summed E-state index contributed by atoms with van der Waals surface area (Å²) in [5.74, 6) is -0.676. The summed E-state index contributed by atoms with van der Waals surface area (Å²) in [4.78, 5) is 11.8. The molecule has 0 aliphatic rings. The van der Waals surface area contributed by atoms with Crippen LogP contribution in [0.1, 0.15) is 15.9 Å². The van der Waals surface area contributed by atoms with Gasteiger partial charge in [-0.1, -0.05) is 22.0 Å². The maximum Gasteiger partial charge on any atom is 0.251 e. The minimum absolute atomic E-state index is 0.128. The molecule has 0 fully saturated rings. The van der Waals surface area contributed by atoms with Crippen molar-refractivity contribution in [2.45, 2.75) is 13.0 Å². The average molecular weight is 304 g/mol. The van der Waals surface area contributed by atoms with Crippen LogP contribution < -0.4 is 5.32 Å². The lowest BCUT2D eigenvalue weighted by atomic mass is 10.1. The van der Waals surface area contributed by atoms with Crippen LogP contribution in [0, 0.1) is 12.7 Å². The minimum Gasteiger partial charge on any atom is -0.383 e. The van der Waals surface area contributed by atoms with Crippen LogP contribution in [0.3, 0.4) is 0 Å². The summed E-state index contributed by atoms with van der Waals surface area (Å²) in [6.07, 6.45) is 0. The molecule has 5 heteroatoms. The van der Waals surface area contributed by atoms with Crippen LogP contribution in [-0.2, 0) is 4.74 Å². The van der Waals surface area contributed by atoms with Gasteiger partial charge in [-0.15, -0.1) is 0 Å². The van der Waals surface area contributed by atoms with Gasteiger partial charge in [0, 0.05) is 18.0 Å². The molecule has 1 atom stereocenters. The molecule has 17 heavy (non-hydrogen) atoms. The molecule has 0 aliphatic heterocycles. The molecular formula is C12H15BrFNO2. The van der Waals surface area contributed by atoms with Crippen molar-refractivity contribution in [3.8, 4) is 0 Å². The fourth-order valence-corrected chi connectivity index (χ4v) is 1.68. The number of methoxy groups -OCH3 is 1. The normalized spacial score (nSPS) is 12.2. The third kappa shape index (κ3) is 4.09. The Morgan fingerprint density at radius 3 is 2.82 bits per heavy atom. The lowest BCUT2D eigenvalue weighted by Crippen LogP contribution is -2.39. The quantitative estimate of drug-likeness (QED) is 0.848. The molecule has 0 saturated carbocycles. The summed E-state index contributed by atoms with van der Waals surface area (Å²) >= 11 is 3.28. The predicted molar refractivity (Wildman–Crippen MR) is 68.1 cm³/mol. The zero-order valence-corrected chi connectivity index (χ0v) is 11.4. The molecule has 0 bridgehead atoms. The molecule has 1 unspecified atom stereocenters. The summed E-state index contributed by atoms with van der Waals surface area (Å²) in [5.41, 5.74) is 0.839. The Kier molecular flexibility index (Phi) is 5.58. The Bertz CT molecular complexity index is 398. The van der Waals surface area contributed by atoms with E-state index in [0.717, 1.165) is 0 Å². The van der Waals surface area contributed by atoms with E-state index in [9.17, 15) is 9.18 Å².